The summed E-state index contributed by atoms with van der Waals surface area (Å²) >= 11 is 0. The van der Waals surface area contributed by atoms with Gasteiger partial charge in [-0.3, -0.25) is 0 Å². The molecule has 3 saturated heterocycles. The predicted octanol–water partition coefficient (Wildman–Crippen LogP) is 4.77. The predicted molar refractivity (Wildman–Crippen MR) is 101 cm³/mol. The van der Waals surface area contributed by atoms with Gasteiger partial charge in [0.2, 0.25) is 0 Å². The van der Waals surface area contributed by atoms with Crippen LogP contribution in [0.2, 0.25) is 0 Å². The molecule has 2 atom stereocenters. The molecule has 3 aliphatic heterocycles. The van der Waals surface area contributed by atoms with Crippen molar-refractivity contribution in [2.24, 2.45) is 0 Å². The molecule has 2 aromatic carbocycles. The van der Waals surface area contributed by atoms with Crippen molar-refractivity contribution < 1.29 is 17.9 Å². The normalized spacial score (nSPS) is 21.5. The number of pyridine rings is 1. The van der Waals surface area contributed by atoms with E-state index < -0.39 is 11.7 Å². The molecule has 0 aliphatic carbocycles. The third kappa shape index (κ3) is 3.16. The monoisotopic (exact) mass is 384 g/mol. The van der Waals surface area contributed by atoms with E-state index in [1.54, 1.807) is 6.07 Å². The van der Waals surface area contributed by atoms with Crippen molar-refractivity contribution in [2.45, 2.75) is 24.8 Å². The van der Waals surface area contributed by atoms with Crippen LogP contribution in [0.3, 0.4) is 0 Å². The molecular formula is C21H17F3N3O. The van der Waals surface area contributed by atoms with Gasteiger partial charge in [-0.05, 0) is 23.6 Å². The summed E-state index contributed by atoms with van der Waals surface area (Å²) in [6, 6.07) is 16.1. The van der Waals surface area contributed by atoms with Crippen molar-refractivity contribution in [3.63, 3.8) is 0 Å². The molecule has 6 rings (SSSR count). The molecule has 1 radical (unpaired) electrons. The van der Waals surface area contributed by atoms with Gasteiger partial charge in [-0.25, -0.2) is 4.98 Å². The van der Waals surface area contributed by atoms with Crippen LogP contribution < -0.4 is 10.2 Å². The zero-order valence-electron chi connectivity index (χ0n) is 14.8. The number of piperidine rings is 1. The molecule has 1 N–H and O–H groups in total. The maximum atomic E-state index is 13.0. The average molecular weight is 384 g/mol. The fourth-order valence-corrected chi connectivity index (χ4v) is 3.80. The van der Waals surface area contributed by atoms with Crippen molar-refractivity contribution in [3.05, 3.63) is 60.2 Å². The molecule has 4 heterocycles. The molecule has 1 aromatic heterocycles. The first-order valence-electron chi connectivity index (χ1n) is 9.12. The smallest absolute Gasteiger partial charge is 0.371 e. The first kappa shape index (κ1) is 17.3. The second-order valence-electron chi connectivity index (χ2n) is 7.18. The summed E-state index contributed by atoms with van der Waals surface area (Å²) < 4.78 is 44.8. The molecule has 2 bridgehead atoms. The molecular weight excluding hydrogens is 367 g/mol. The van der Waals surface area contributed by atoms with Gasteiger partial charge in [0.05, 0.1) is 17.8 Å². The summed E-state index contributed by atoms with van der Waals surface area (Å²) in [5, 5.41) is 4.74. The van der Waals surface area contributed by atoms with Gasteiger partial charge in [-0.1, -0.05) is 30.3 Å². The second-order valence-corrected chi connectivity index (χ2v) is 7.18. The SMILES string of the molecule is FC(F)(F)c1cccc(Nc2nc(N3CC4CC(C3)O4)[c]c3ccccc23)c1. The summed E-state index contributed by atoms with van der Waals surface area (Å²) in [6.45, 7) is 1.50. The highest BCUT2D eigenvalue weighted by Gasteiger charge is 2.39. The van der Waals surface area contributed by atoms with Gasteiger partial charge in [0.25, 0.3) is 0 Å². The van der Waals surface area contributed by atoms with Crippen LogP contribution in [0.4, 0.5) is 30.5 Å². The lowest BCUT2D eigenvalue weighted by Gasteiger charge is -2.47. The lowest BCUT2D eigenvalue weighted by Crippen LogP contribution is -2.57. The van der Waals surface area contributed by atoms with Crippen LogP contribution in [-0.4, -0.2) is 30.3 Å². The second kappa shape index (κ2) is 6.38. The van der Waals surface area contributed by atoms with Gasteiger partial charge < -0.3 is 15.0 Å². The van der Waals surface area contributed by atoms with Crippen LogP contribution in [0, 0.1) is 6.07 Å². The minimum absolute atomic E-state index is 0.222. The molecule has 0 amide bonds. The summed E-state index contributed by atoms with van der Waals surface area (Å²) in [4.78, 5) is 6.82. The number of anilines is 3. The maximum Gasteiger partial charge on any atom is 0.416 e. The Hall–Kier alpha value is -2.80. The Labute approximate surface area is 159 Å². The number of fused-ring (bicyclic) bond motifs is 3. The Bertz CT molecular complexity index is 1020. The van der Waals surface area contributed by atoms with Gasteiger partial charge in [0.1, 0.15) is 11.6 Å². The lowest BCUT2D eigenvalue weighted by atomic mass is 9.98. The van der Waals surface area contributed by atoms with Crippen LogP contribution in [0.25, 0.3) is 10.8 Å². The Morgan fingerprint density at radius 3 is 2.57 bits per heavy atom. The maximum absolute atomic E-state index is 13.0. The van der Waals surface area contributed by atoms with E-state index in [-0.39, 0.29) is 12.2 Å². The Morgan fingerprint density at radius 2 is 1.82 bits per heavy atom. The van der Waals surface area contributed by atoms with Crippen molar-refractivity contribution in [1.82, 2.24) is 4.98 Å². The summed E-state index contributed by atoms with van der Waals surface area (Å²) in [7, 11) is 0. The quantitative estimate of drug-likeness (QED) is 0.706. The fraction of sp³-hybridized carbons (Fsp3) is 0.286. The van der Waals surface area contributed by atoms with E-state index >= 15 is 0 Å². The number of hydrogen-bond acceptors (Lipinski definition) is 4. The van der Waals surface area contributed by atoms with Gasteiger partial charge in [0, 0.05) is 36.7 Å². The first-order valence-corrected chi connectivity index (χ1v) is 9.12. The summed E-state index contributed by atoms with van der Waals surface area (Å²) in [6.07, 6.45) is -2.88. The van der Waals surface area contributed by atoms with Crippen LogP contribution in [0.1, 0.15) is 12.0 Å². The molecule has 28 heavy (non-hydrogen) atoms. The van der Waals surface area contributed by atoms with E-state index in [1.165, 1.54) is 6.07 Å². The number of nitrogens with one attached hydrogen (secondary N) is 1. The zero-order valence-corrected chi connectivity index (χ0v) is 14.8. The van der Waals surface area contributed by atoms with E-state index in [1.807, 2.05) is 24.3 Å². The van der Waals surface area contributed by atoms with E-state index in [2.05, 4.69) is 21.3 Å². The number of aromatic nitrogens is 1. The van der Waals surface area contributed by atoms with Crippen LogP contribution >= 0.6 is 0 Å². The molecule has 143 valence electrons. The molecule has 7 heteroatoms. The minimum Gasteiger partial charge on any atom is -0.371 e. The Balaban J connectivity index is 1.53. The standard InChI is InChI=1S/C21H17F3N3O/c22-21(23,24)14-5-3-6-15(9-14)25-20-18-7-2-1-4-13(18)8-19(26-20)27-11-16-10-17(12-27)28-16/h1-7,9,16-17H,10-12H2,(H,25,26). The summed E-state index contributed by atoms with van der Waals surface area (Å²) in [5.74, 6) is 1.20. The first-order chi connectivity index (χ1) is 13.5. The van der Waals surface area contributed by atoms with Crippen molar-refractivity contribution >= 4 is 28.1 Å². The molecule has 3 aromatic rings. The van der Waals surface area contributed by atoms with Crippen LogP contribution in [0.5, 0.6) is 0 Å². The fourth-order valence-electron chi connectivity index (χ4n) is 3.80. The average Bonchev–Trinajstić information content (AvgIpc) is 2.67. The molecule has 0 spiro atoms. The van der Waals surface area contributed by atoms with Crippen molar-refractivity contribution in [2.75, 3.05) is 23.3 Å². The van der Waals surface area contributed by atoms with E-state index in [0.717, 1.165) is 42.4 Å². The highest BCUT2D eigenvalue weighted by molar-refractivity contribution is 5.94. The number of benzene rings is 2. The molecule has 2 unspecified atom stereocenters. The van der Waals surface area contributed by atoms with Crippen LogP contribution in [0.15, 0.2) is 48.5 Å². The van der Waals surface area contributed by atoms with Gasteiger partial charge in [0.15, 0.2) is 0 Å². The zero-order chi connectivity index (χ0) is 19.3. The number of morpholine rings is 1. The highest BCUT2D eigenvalue weighted by Crippen LogP contribution is 2.35. The number of halogens is 3. The molecule has 3 fully saturated rings. The molecule has 3 aliphatic rings. The Kier molecular flexibility index (Phi) is 3.94. The van der Waals surface area contributed by atoms with Crippen molar-refractivity contribution in [1.29, 1.82) is 0 Å². The van der Waals surface area contributed by atoms with Crippen molar-refractivity contribution in [3.8, 4) is 0 Å². The summed E-state index contributed by atoms with van der Waals surface area (Å²) in [5.41, 5.74) is -0.354. The van der Waals surface area contributed by atoms with Gasteiger partial charge in [-0.2, -0.15) is 13.2 Å². The molecule has 0 saturated carbocycles. The topological polar surface area (TPSA) is 37.4 Å². The number of ether oxygens (including phenoxy) is 1. The lowest BCUT2D eigenvalue weighted by molar-refractivity contribution is -0.137. The van der Waals surface area contributed by atoms with Crippen LogP contribution in [-0.2, 0) is 10.9 Å². The van der Waals surface area contributed by atoms with Gasteiger partial charge >= 0.3 is 6.18 Å². The highest BCUT2D eigenvalue weighted by atomic mass is 19.4. The van der Waals surface area contributed by atoms with E-state index in [9.17, 15) is 13.2 Å². The van der Waals surface area contributed by atoms with E-state index in [0.29, 0.717) is 17.3 Å². The number of alkyl halides is 3. The van der Waals surface area contributed by atoms with Gasteiger partial charge in [-0.15, -0.1) is 0 Å². The number of hydrogen-bond donors (Lipinski definition) is 1. The number of rotatable bonds is 3. The Morgan fingerprint density at radius 1 is 1.07 bits per heavy atom. The van der Waals surface area contributed by atoms with E-state index in [4.69, 9.17) is 4.74 Å². The third-order valence-electron chi connectivity index (χ3n) is 5.16. The third-order valence-corrected chi connectivity index (χ3v) is 5.16. The number of nitrogens with zero attached hydrogens (tertiary/aromatic N) is 2. The minimum atomic E-state index is -4.39. The largest absolute Gasteiger partial charge is 0.416 e. The molecule has 4 nitrogen and oxygen atoms in total.